The van der Waals surface area contributed by atoms with Crippen LogP contribution in [0.15, 0.2) is 48.8 Å². The third-order valence-corrected chi connectivity index (χ3v) is 7.18. The van der Waals surface area contributed by atoms with Gasteiger partial charge in [-0.25, -0.2) is 14.6 Å². The second-order valence-electron chi connectivity index (χ2n) is 9.00. The Hall–Kier alpha value is -3.49. The number of pyridine rings is 2. The van der Waals surface area contributed by atoms with Gasteiger partial charge < -0.3 is 15.0 Å². The molecule has 34 heavy (non-hydrogen) atoms. The first kappa shape index (κ1) is 23.7. The molecule has 9 nitrogen and oxygen atoms in total. The standard InChI is InChI=1S/C25H31N5O4/c1-4-17(2)20(22(31)34-3)28-24(33)29-15-11-25(12-16-29)21(18-9-5-7-13-26-18)30(23(25)32)19-10-6-8-14-27-19/h5-10,13-14,17,20-21H,4,11-12,15-16H2,1-3H3,(H,28,33)/t17?,20-,21?/m0/s1. The lowest BCUT2D eigenvalue weighted by Gasteiger charge is -2.57. The lowest BCUT2D eigenvalue weighted by atomic mass is 9.63. The zero-order valence-corrected chi connectivity index (χ0v) is 19.8. The molecule has 4 heterocycles. The van der Waals surface area contributed by atoms with Crippen molar-refractivity contribution in [2.75, 3.05) is 25.1 Å². The number of likely N-dealkylation sites (tertiary alicyclic amines) is 1. The maximum Gasteiger partial charge on any atom is 0.328 e. The number of nitrogens with one attached hydrogen (secondary N) is 1. The van der Waals surface area contributed by atoms with E-state index >= 15 is 0 Å². The summed E-state index contributed by atoms with van der Waals surface area (Å²) >= 11 is 0. The number of hydrogen-bond acceptors (Lipinski definition) is 6. The Bertz CT molecular complexity index is 1020. The molecule has 2 aliphatic heterocycles. The SMILES string of the molecule is CCC(C)[C@H](NC(=O)N1CCC2(CC1)C(=O)N(c1ccccn1)C2c1ccccn1)C(=O)OC. The van der Waals surface area contributed by atoms with Crippen LogP contribution in [-0.2, 0) is 14.3 Å². The molecule has 2 aliphatic rings. The fourth-order valence-electron chi connectivity index (χ4n) is 4.96. The smallest absolute Gasteiger partial charge is 0.328 e. The number of amides is 3. The number of anilines is 1. The number of methoxy groups -OCH3 is 1. The summed E-state index contributed by atoms with van der Waals surface area (Å²) in [5.74, 6) is 0.102. The van der Waals surface area contributed by atoms with Gasteiger partial charge in [-0.05, 0) is 43.0 Å². The zero-order chi connectivity index (χ0) is 24.3. The second-order valence-corrected chi connectivity index (χ2v) is 9.00. The molecule has 3 amide bonds. The van der Waals surface area contributed by atoms with Gasteiger partial charge in [0, 0.05) is 25.5 Å². The lowest BCUT2D eigenvalue weighted by Crippen LogP contribution is -2.67. The average molecular weight is 466 g/mol. The molecule has 9 heteroatoms. The van der Waals surface area contributed by atoms with Crippen LogP contribution >= 0.6 is 0 Å². The predicted molar refractivity (Wildman–Crippen MR) is 126 cm³/mol. The largest absolute Gasteiger partial charge is 0.467 e. The van der Waals surface area contributed by atoms with E-state index in [-0.39, 0.29) is 23.9 Å². The molecular weight excluding hydrogens is 434 g/mol. The number of ether oxygens (including phenoxy) is 1. The number of piperidine rings is 1. The Morgan fingerprint density at radius 1 is 1.15 bits per heavy atom. The highest BCUT2D eigenvalue weighted by Gasteiger charge is 2.63. The van der Waals surface area contributed by atoms with Crippen LogP contribution in [0.3, 0.4) is 0 Å². The van der Waals surface area contributed by atoms with Crippen LogP contribution in [0.1, 0.15) is 44.8 Å². The number of hydrogen-bond donors (Lipinski definition) is 1. The summed E-state index contributed by atoms with van der Waals surface area (Å²) in [6, 6.07) is 9.94. The van der Waals surface area contributed by atoms with E-state index in [9.17, 15) is 14.4 Å². The Morgan fingerprint density at radius 3 is 2.38 bits per heavy atom. The van der Waals surface area contributed by atoms with E-state index in [1.165, 1.54) is 7.11 Å². The van der Waals surface area contributed by atoms with Crippen LogP contribution in [0.25, 0.3) is 0 Å². The summed E-state index contributed by atoms with van der Waals surface area (Å²) in [7, 11) is 1.32. The Morgan fingerprint density at radius 2 is 1.82 bits per heavy atom. The van der Waals surface area contributed by atoms with E-state index in [2.05, 4.69) is 15.3 Å². The summed E-state index contributed by atoms with van der Waals surface area (Å²) < 4.78 is 4.88. The monoisotopic (exact) mass is 465 g/mol. The van der Waals surface area contributed by atoms with Crippen molar-refractivity contribution < 1.29 is 19.1 Å². The number of aromatic nitrogens is 2. The second kappa shape index (κ2) is 9.79. The van der Waals surface area contributed by atoms with Crippen molar-refractivity contribution >= 4 is 23.7 Å². The van der Waals surface area contributed by atoms with Crippen molar-refractivity contribution in [1.29, 1.82) is 0 Å². The fourth-order valence-corrected chi connectivity index (χ4v) is 4.96. The van der Waals surface area contributed by atoms with E-state index in [4.69, 9.17) is 4.74 Å². The highest BCUT2D eigenvalue weighted by Crippen LogP contribution is 2.56. The van der Waals surface area contributed by atoms with E-state index in [1.54, 1.807) is 22.2 Å². The van der Waals surface area contributed by atoms with Crippen molar-refractivity contribution in [2.24, 2.45) is 11.3 Å². The van der Waals surface area contributed by atoms with Crippen LogP contribution < -0.4 is 10.2 Å². The Kier molecular flexibility index (Phi) is 6.81. The third-order valence-electron chi connectivity index (χ3n) is 7.18. The van der Waals surface area contributed by atoms with Crippen LogP contribution in [-0.4, -0.2) is 59.0 Å². The predicted octanol–water partition coefficient (Wildman–Crippen LogP) is 2.94. The van der Waals surface area contributed by atoms with Crippen LogP contribution in [0.4, 0.5) is 10.6 Å². The molecule has 2 saturated heterocycles. The van der Waals surface area contributed by atoms with Crippen molar-refractivity contribution in [1.82, 2.24) is 20.2 Å². The molecule has 0 aromatic carbocycles. The topological polar surface area (TPSA) is 105 Å². The van der Waals surface area contributed by atoms with E-state index in [0.29, 0.717) is 31.7 Å². The molecule has 0 bridgehead atoms. The molecule has 0 saturated carbocycles. The molecule has 2 unspecified atom stereocenters. The van der Waals surface area contributed by atoms with Gasteiger partial charge >= 0.3 is 12.0 Å². The molecule has 3 atom stereocenters. The highest BCUT2D eigenvalue weighted by molar-refractivity contribution is 6.05. The molecule has 2 aromatic heterocycles. The number of β-lactam (4-membered cyclic amide) rings is 1. The quantitative estimate of drug-likeness (QED) is 0.520. The van der Waals surface area contributed by atoms with Crippen molar-refractivity contribution in [3.8, 4) is 0 Å². The summed E-state index contributed by atoms with van der Waals surface area (Å²) in [5.41, 5.74) is 0.175. The summed E-state index contributed by atoms with van der Waals surface area (Å²) in [5, 5.41) is 2.83. The van der Waals surface area contributed by atoms with Crippen LogP contribution in [0.5, 0.6) is 0 Å². The van der Waals surface area contributed by atoms with Crippen LogP contribution in [0, 0.1) is 11.3 Å². The molecular formula is C25H31N5O4. The first-order chi connectivity index (χ1) is 16.4. The number of rotatable bonds is 6. The first-order valence-electron chi connectivity index (χ1n) is 11.7. The van der Waals surface area contributed by atoms with Gasteiger partial charge in [0.15, 0.2) is 0 Å². The minimum absolute atomic E-state index is 0.00829. The number of esters is 1. The molecule has 2 aromatic rings. The van der Waals surface area contributed by atoms with Crippen LogP contribution in [0.2, 0.25) is 0 Å². The summed E-state index contributed by atoms with van der Waals surface area (Å²) in [6.45, 7) is 4.69. The van der Waals surface area contributed by atoms with Gasteiger partial charge in [-0.15, -0.1) is 0 Å². The van der Waals surface area contributed by atoms with Gasteiger partial charge in [-0.2, -0.15) is 0 Å². The Labute approximate surface area is 199 Å². The highest BCUT2D eigenvalue weighted by atomic mass is 16.5. The number of carbonyl (C=O) groups is 3. The van der Waals surface area contributed by atoms with Crippen molar-refractivity contribution in [3.05, 3.63) is 54.5 Å². The van der Waals surface area contributed by atoms with Gasteiger partial charge in [0.05, 0.1) is 24.3 Å². The molecule has 1 N–H and O–H groups in total. The molecule has 0 aliphatic carbocycles. The van der Waals surface area contributed by atoms with Gasteiger partial charge in [0.1, 0.15) is 11.9 Å². The molecule has 4 rings (SSSR count). The molecule has 180 valence electrons. The zero-order valence-electron chi connectivity index (χ0n) is 19.8. The summed E-state index contributed by atoms with van der Waals surface area (Å²) in [4.78, 5) is 51.0. The Balaban J connectivity index is 1.51. The molecule has 2 fully saturated rings. The van der Waals surface area contributed by atoms with E-state index in [0.717, 1.165) is 12.1 Å². The number of nitrogens with zero attached hydrogens (tertiary/aromatic N) is 4. The normalized spacial score (nSPS) is 20.9. The maximum absolute atomic E-state index is 13.5. The van der Waals surface area contributed by atoms with Crippen molar-refractivity contribution in [2.45, 2.75) is 45.2 Å². The van der Waals surface area contributed by atoms with Gasteiger partial charge in [-0.1, -0.05) is 32.4 Å². The van der Waals surface area contributed by atoms with E-state index in [1.807, 2.05) is 50.2 Å². The van der Waals surface area contributed by atoms with Crippen molar-refractivity contribution in [3.63, 3.8) is 0 Å². The lowest BCUT2D eigenvalue weighted by molar-refractivity contribution is -0.144. The third kappa shape index (κ3) is 4.10. The van der Waals surface area contributed by atoms with Gasteiger partial charge in [-0.3, -0.25) is 14.7 Å². The number of carbonyl (C=O) groups excluding carboxylic acids is 3. The summed E-state index contributed by atoms with van der Waals surface area (Å²) in [6.07, 6.45) is 5.15. The fraction of sp³-hybridized carbons (Fsp3) is 0.480. The maximum atomic E-state index is 13.5. The van der Waals surface area contributed by atoms with Gasteiger partial charge in [0.2, 0.25) is 5.91 Å². The molecule has 0 radical (unpaired) electrons. The van der Waals surface area contributed by atoms with E-state index < -0.39 is 17.4 Å². The number of urea groups is 1. The van der Waals surface area contributed by atoms with Gasteiger partial charge in [0.25, 0.3) is 0 Å². The average Bonchev–Trinajstić information content (AvgIpc) is 2.89. The minimum atomic E-state index is -0.704. The first-order valence-corrected chi connectivity index (χ1v) is 11.7. The minimum Gasteiger partial charge on any atom is -0.467 e. The molecule has 1 spiro atoms.